The van der Waals surface area contributed by atoms with Gasteiger partial charge in [0.2, 0.25) is 11.9 Å². The normalized spacial score (nSPS) is 23.0. The molecule has 1 atom stereocenters. The first-order valence-electron chi connectivity index (χ1n) is 8.06. The molecule has 1 aromatic rings. The monoisotopic (exact) mass is 320 g/mol. The Bertz CT molecular complexity index is 490. The maximum Gasteiger partial charge on any atom is 0.232 e. The van der Waals surface area contributed by atoms with Crippen LogP contribution in [0.15, 0.2) is 18.5 Å². The molecular weight excluding hydrogens is 296 g/mol. The van der Waals surface area contributed by atoms with Crippen LogP contribution >= 0.6 is 11.8 Å². The number of piperidine rings is 1. The molecule has 5 nitrogen and oxygen atoms in total. The summed E-state index contributed by atoms with van der Waals surface area (Å²) in [6, 6.07) is 1.86. The molecule has 0 spiro atoms. The van der Waals surface area contributed by atoms with Gasteiger partial charge in [-0.1, -0.05) is 0 Å². The van der Waals surface area contributed by atoms with Gasteiger partial charge in [0.05, 0.1) is 5.75 Å². The molecule has 2 aliphatic rings. The zero-order chi connectivity index (χ0) is 15.4. The number of rotatable bonds is 4. The molecule has 0 aliphatic carbocycles. The topological polar surface area (TPSA) is 49.3 Å². The largest absolute Gasteiger partial charge is 0.342 e. The van der Waals surface area contributed by atoms with Crippen LogP contribution < -0.4 is 4.90 Å². The predicted molar refractivity (Wildman–Crippen MR) is 90.0 cm³/mol. The number of carbonyl (C=O) groups excluding carboxylic acids is 1. The maximum absolute atomic E-state index is 12.0. The minimum absolute atomic E-state index is 0.310. The molecule has 0 unspecified atom stereocenters. The van der Waals surface area contributed by atoms with Crippen molar-refractivity contribution in [3.8, 4) is 0 Å². The third-order valence-electron chi connectivity index (χ3n) is 4.89. The van der Waals surface area contributed by atoms with Gasteiger partial charge in [0.1, 0.15) is 0 Å². The first kappa shape index (κ1) is 15.6. The van der Waals surface area contributed by atoms with Gasteiger partial charge in [0, 0.05) is 38.6 Å². The average Bonchev–Trinajstić information content (AvgIpc) is 3.06. The minimum atomic E-state index is 0.310. The molecule has 2 aliphatic heterocycles. The van der Waals surface area contributed by atoms with E-state index in [4.69, 9.17) is 0 Å². The number of likely N-dealkylation sites (tertiary alicyclic amines) is 1. The Kier molecular flexibility index (Phi) is 5.18. The van der Waals surface area contributed by atoms with E-state index in [1.165, 1.54) is 19.3 Å². The van der Waals surface area contributed by atoms with Crippen molar-refractivity contribution in [2.45, 2.75) is 19.3 Å². The van der Waals surface area contributed by atoms with E-state index in [-0.39, 0.29) is 0 Å². The van der Waals surface area contributed by atoms with Gasteiger partial charge in [-0.2, -0.15) is 11.8 Å². The average molecular weight is 320 g/mol. The van der Waals surface area contributed by atoms with Crippen molar-refractivity contribution in [3.05, 3.63) is 18.5 Å². The van der Waals surface area contributed by atoms with Crippen LogP contribution in [0, 0.1) is 11.8 Å². The van der Waals surface area contributed by atoms with Gasteiger partial charge in [-0.25, -0.2) is 9.97 Å². The smallest absolute Gasteiger partial charge is 0.232 e. The highest BCUT2D eigenvalue weighted by atomic mass is 32.2. The summed E-state index contributed by atoms with van der Waals surface area (Å²) >= 11 is 1.62. The number of nitrogens with zero attached hydrogens (tertiary/aromatic N) is 4. The van der Waals surface area contributed by atoms with Crippen molar-refractivity contribution < 1.29 is 4.79 Å². The van der Waals surface area contributed by atoms with Crippen molar-refractivity contribution in [2.75, 3.05) is 43.1 Å². The Morgan fingerprint density at radius 2 is 1.86 bits per heavy atom. The number of hydrogen-bond acceptors (Lipinski definition) is 5. The van der Waals surface area contributed by atoms with Crippen LogP contribution in [0.1, 0.15) is 19.3 Å². The first-order chi connectivity index (χ1) is 10.8. The molecule has 2 fully saturated rings. The van der Waals surface area contributed by atoms with Crippen molar-refractivity contribution in [1.82, 2.24) is 14.9 Å². The van der Waals surface area contributed by atoms with E-state index in [1.54, 1.807) is 24.2 Å². The molecule has 22 heavy (non-hydrogen) atoms. The summed E-state index contributed by atoms with van der Waals surface area (Å²) in [5.41, 5.74) is 0. The fourth-order valence-corrected chi connectivity index (χ4v) is 4.07. The zero-order valence-corrected chi connectivity index (χ0v) is 14.0. The quantitative estimate of drug-likeness (QED) is 0.848. The van der Waals surface area contributed by atoms with Crippen LogP contribution in [0.25, 0.3) is 0 Å². The molecule has 3 heterocycles. The van der Waals surface area contributed by atoms with Gasteiger partial charge in [-0.3, -0.25) is 4.79 Å². The summed E-state index contributed by atoms with van der Waals surface area (Å²) in [6.07, 6.45) is 9.15. The van der Waals surface area contributed by atoms with E-state index < -0.39 is 0 Å². The molecule has 1 aromatic heterocycles. The number of aromatic nitrogens is 2. The Hall–Kier alpha value is -1.30. The molecule has 120 valence electrons. The van der Waals surface area contributed by atoms with Crippen LogP contribution in [0.2, 0.25) is 0 Å². The number of amides is 1. The van der Waals surface area contributed by atoms with Gasteiger partial charge >= 0.3 is 0 Å². The SMILES string of the molecule is CSCC(=O)N1CC[C@H](C2CCN(c3ncccn3)CC2)C1. The molecular formula is C16H24N4OS. The summed E-state index contributed by atoms with van der Waals surface area (Å²) in [6.45, 7) is 3.98. The number of anilines is 1. The third kappa shape index (κ3) is 3.54. The van der Waals surface area contributed by atoms with Crippen molar-refractivity contribution in [3.63, 3.8) is 0 Å². The van der Waals surface area contributed by atoms with Crippen LogP contribution in [0.4, 0.5) is 5.95 Å². The summed E-state index contributed by atoms with van der Waals surface area (Å²) in [4.78, 5) is 25.0. The lowest BCUT2D eigenvalue weighted by atomic mass is 9.84. The lowest BCUT2D eigenvalue weighted by Crippen LogP contribution is -2.38. The molecule has 0 bridgehead atoms. The van der Waals surface area contributed by atoms with Crippen molar-refractivity contribution >= 4 is 23.6 Å². The van der Waals surface area contributed by atoms with E-state index in [9.17, 15) is 4.79 Å². The fraction of sp³-hybridized carbons (Fsp3) is 0.688. The second kappa shape index (κ2) is 7.31. The van der Waals surface area contributed by atoms with E-state index in [1.807, 2.05) is 12.3 Å². The molecule has 2 saturated heterocycles. The first-order valence-corrected chi connectivity index (χ1v) is 9.46. The highest BCUT2D eigenvalue weighted by Gasteiger charge is 2.33. The van der Waals surface area contributed by atoms with Gasteiger partial charge < -0.3 is 9.80 Å². The summed E-state index contributed by atoms with van der Waals surface area (Å²) in [5.74, 6) is 3.21. The Morgan fingerprint density at radius 1 is 1.18 bits per heavy atom. The Morgan fingerprint density at radius 3 is 2.55 bits per heavy atom. The summed E-state index contributed by atoms with van der Waals surface area (Å²) in [7, 11) is 0. The summed E-state index contributed by atoms with van der Waals surface area (Å²) < 4.78 is 0. The number of carbonyl (C=O) groups is 1. The van der Waals surface area contributed by atoms with Crippen LogP contribution in [-0.4, -0.2) is 59.0 Å². The highest BCUT2D eigenvalue weighted by Crippen LogP contribution is 2.32. The van der Waals surface area contributed by atoms with Crippen molar-refractivity contribution in [1.29, 1.82) is 0 Å². The zero-order valence-electron chi connectivity index (χ0n) is 13.1. The van der Waals surface area contributed by atoms with Crippen LogP contribution in [0.3, 0.4) is 0 Å². The van der Waals surface area contributed by atoms with Gasteiger partial charge in [-0.05, 0) is 43.4 Å². The van der Waals surface area contributed by atoms with Crippen LogP contribution in [0.5, 0.6) is 0 Å². The molecule has 0 radical (unpaired) electrons. The second-order valence-electron chi connectivity index (χ2n) is 6.19. The molecule has 6 heteroatoms. The molecule has 1 amide bonds. The minimum Gasteiger partial charge on any atom is -0.342 e. The molecule has 0 aromatic carbocycles. The van der Waals surface area contributed by atoms with Crippen LogP contribution in [-0.2, 0) is 4.79 Å². The lowest BCUT2D eigenvalue weighted by Gasteiger charge is -2.34. The van der Waals surface area contributed by atoms with E-state index in [2.05, 4.69) is 19.8 Å². The highest BCUT2D eigenvalue weighted by molar-refractivity contribution is 7.99. The third-order valence-corrected chi connectivity index (χ3v) is 5.42. The van der Waals surface area contributed by atoms with E-state index in [0.717, 1.165) is 38.0 Å². The molecule has 0 N–H and O–H groups in total. The molecule has 3 rings (SSSR count). The molecule has 0 saturated carbocycles. The predicted octanol–water partition coefficient (Wildman–Crippen LogP) is 1.90. The number of thioether (sulfide) groups is 1. The van der Waals surface area contributed by atoms with E-state index >= 15 is 0 Å². The number of hydrogen-bond donors (Lipinski definition) is 0. The van der Waals surface area contributed by atoms with Gasteiger partial charge in [0.15, 0.2) is 0 Å². The maximum atomic E-state index is 12.0. The lowest BCUT2D eigenvalue weighted by molar-refractivity contribution is -0.127. The van der Waals surface area contributed by atoms with E-state index in [0.29, 0.717) is 17.6 Å². The van der Waals surface area contributed by atoms with Gasteiger partial charge in [0.25, 0.3) is 0 Å². The summed E-state index contributed by atoms with van der Waals surface area (Å²) in [5, 5.41) is 0. The second-order valence-corrected chi connectivity index (χ2v) is 7.06. The van der Waals surface area contributed by atoms with Gasteiger partial charge in [-0.15, -0.1) is 0 Å². The fourth-order valence-electron chi connectivity index (χ4n) is 3.64. The standard InChI is InChI=1S/C16H24N4OS/c1-22-12-15(21)20-10-5-14(11-20)13-3-8-19(9-4-13)16-17-6-2-7-18-16/h2,6-7,13-14H,3-5,8-12H2,1H3/t14-/m0/s1. The van der Waals surface area contributed by atoms with Crippen molar-refractivity contribution in [2.24, 2.45) is 11.8 Å². The Balaban J connectivity index is 1.49. The Labute approximate surface area is 136 Å².